The van der Waals surface area contributed by atoms with E-state index in [0.717, 1.165) is 11.3 Å². The van der Waals surface area contributed by atoms with Crippen LogP contribution in [-0.2, 0) is 4.79 Å². The van der Waals surface area contributed by atoms with E-state index in [9.17, 15) is 9.90 Å². The molecule has 0 bridgehead atoms. The molecule has 0 saturated heterocycles. The first kappa shape index (κ1) is 21.8. The number of para-hydroxylation sites is 1. The van der Waals surface area contributed by atoms with Crippen LogP contribution in [0.25, 0.3) is 0 Å². The molecule has 0 aromatic heterocycles. The molecule has 3 atom stereocenters. The zero-order valence-corrected chi connectivity index (χ0v) is 18.7. The number of carboxylic acids is 1. The lowest BCUT2D eigenvalue weighted by molar-refractivity contribution is -0.143. The van der Waals surface area contributed by atoms with Crippen molar-refractivity contribution in [2.75, 3.05) is 0 Å². The molecule has 0 aliphatic heterocycles. The minimum Gasteiger partial charge on any atom is -0.481 e. The van der Waals surface area contributed by atoms with Crippen molar-refractivity contribution < 1.29 is 14.6 Å². The Bertz CT molecular complexity index is 967. The molecule has 1 aliphatic rings. The minimum absolute atomic E-state index is 0.0510. The Labute approximate surface area is 186 Å². The van der Waals surface area contributed by atoms with Crippen molar-refractivity contribution in [2.24, 2.45) is 16.7 Å². The lowest BCUT2D eigenvalue weighted by atomic mass is 9.86. The predicted octanol–water partition coefficient (Wildman–Crippen LogP) is 7.00. The van der Waals surface area contributed by atoms with E-state index in [4.69, 9.17) is 40.2 Å². The molecule has 29 heavy (non-hydrogen) atoms. The largest absolute Gasteiger partial charge is 0.481 e. The Hall–Kier alpha value is -1.88. The Kier molecular flexibility index (Phi) is 6.09. The molecule has 0 amide bonds. The monoisotopic (exact) mass is 448 g/mol. The van der Waals surface area contributed by atoms with Gasteiger partial charge < -0.3 is 9.84 Å². The fourth-order valence-electron chi connectivity index (χ4n) is 4.49. The van der Waals surface area contributed by atoms with Crippen LogP contribution in [0.3, 0.4) is 0 Å². The summed E-state index contributed by atoms with van der Waals surface area (Å²) in [7, 11) is 0. The first-order valence-electron chi connectivity index (χ1n) is 9.22. The fourth-order valence-corrected chi connectivity index (χ4v) is 5.11. The van der Waals surface area contributed by atoms with Gasteiger partial charge in [-0.3, -0.25) is 4.79 Å². The van der Waals surface area contributed by atoms with Crippen LogP contribution in [0.4, 0.5) is 0 Å². The number of rotatable bonds is 7. The fraction of sp³-hybridized carbons (Fsp3) is 0.304. The number of ether oxygens (including phenoxy) is 1. The van der Waals surface area contributed by atoms with Gasteiger partial charge in [-0.2, -0.15) is 0 Å². The highest BCUT2D eigenvalue weighted by Gasteiger charge is 2.77. The lowest BCUT2D eigenvalue weighted by Crippen LogP contribution is -2.21. The van der Waals surface area contributed by atoms with Crippen molar-refractivity contribution in [3.8, 4) is 11.5 Å². The van der Waals surface area contributed by atoms with Gasteiger partial charge >= 0.3 is 5.97 Å². The third-order valence-electron chi connectivity index (χ3n) is 5.91. The molecule has 152 valence electrons. The van der Waals surface area contributed by atoms with E-state index in [1.165, 1.54) is 6.08 Å². The summed E-state index contributed by atoms with van der Waals surface area (Å²) >= 11 is 17.4. The van der Waals surface area contributed by atoms with Crippen LogP contribution >= 0.6 is 35.4 Å². The number of thiocarbonyl (C=S) groups is 1. The lowest BCUT2D eigenvalue weighted by Gasteiger charge is -2.20. The van der Waals surface area contributed by atoms with Gasteiger partial charge in [-0.15, -0.1) is 0 Å². The first-order valence-corrected chi connectivity index (χ1v) is 10.4. The van der Waals surface area contributed by atoms with Gasteiger partial charge in [0.1, 0.15) is 16.0 Å². The quantitative estimate of drug-likeness (QED) is 0.463. The number of halogens is 2. The Balaban J connectivity index is 2.01. The van der Waals surface area contributed by atoms with E-state index in [1.54, 1.807) is 0 Å². The Morgan fingerprint density at radius 2 is 1.76 bits per heavy atom. The van der Waals surface area contributed by atoms with Gasteiger partial charge in [0.05, 0.1) is 5.41 Å². The standard InChI is InChI=1S/C23H22Cl2O3S/c1-14(29)19(20-22(2,3)23(20,21(26)27)13-18(24)25)15-8-7-11-17(12-15)28-16-9-5-4-6-10-16/h4-13,19-20H,1-3H3,(H,26,27). The molecule has 1 aliphatic carbocycles. The van der Waals surface area contributed by atoms with Crippen molar-refractivity contribution in [1.82, 2.24) is 0 Å². The molecule has 1 saturated carbocycles. The van der Waals surface area contributed by atoms with Gasteiger partial charge in [0.25, 0.3) is 0 Å². The number of hydrogen-bond donors (Lipinski definition) is 1. The molecule has 1 fully saturated rings. The zero-order chi connectivity index (χ0) is 21.4. The molecule has 3 unspecified atom stereocenters. The molecule has 6 heteroatoms. The van der Waals surface area contributed by atoms with Crippen LogP contribution in [0.1, 0.15) is 32.3 Å². The summed E-state index contributed by atoms with van der Waals surface area (Å²) in [6.45, 7) is 5.67. The van der Waals surface area contributed by atoms with E-state index >= 15 is 0 Å². The predicted molar refractivity (Wildman–Crippen MR) is 121 cm³/mol. The molecule has 0 heterocycles. The molecule has 2 aromatic carbocycles. The van der Waals surface area contributed by atoms with E-state index in [-0.39, 0.29) is 16.3 Å². The second kappa shape index (κ2) is 8.10. The van der Waals surface area contributed by atoms with E-state index in [2.05, 4.69) is 0 Å². The van der Waals surface area contributed by atoms with Gasteiger partial charge in [0.2, 0.25) is 0 Å². The van der Waals surface area contributed by atoms with Crippen LogP contribution in [-0.4, -0.2) is 15.9 Å². The van der Waals surface area contributed by atoms with Crippen molar-refractivity contribution in [1.29, 1.82) is 0 Å². The van der Waals surface area contributed by atoms with Crippen LogP contribution in [0.2, 0.25) is 0 Å². The molecular weight excluding hydrogens is 427 g/mol. The Morgan fingerprint density at radius 3 is 2.31 bits per heavy atom. The number of benzene rings is 2. The summed E-state index contributed by atoms with van der Waals surface area (Å²) < 4.78 is 5.90. The van der Waals surface area contributed by atoms with Crippen LogP contribution in [0, 0.1) is 16.7 Å². The molecule has 0 spiro atoms. The van der Waals surface area contributed by atoms with Gasteiger partial charge in [-0.1, -0.05) is 79.6 Å². The SMILES string of the molecule is CC(=S)C(c1cccc(Oc2ccccc2)c1)C1C(C)(C)C1(C=C(Cl)Cl)C(=O)O. The number of aliphatic carboxylic acids is 1. The number of carbonyl (C=O) groups is 1. The summed E-state index contributed by atoms with van der Waals surface area (Å²) in [6, 6.07) is 17.1. The van der Waals surface area contributed by atoms with E-state index in [1.807, 2.05) is 75.4 Å². The maximum atomic E-state index is 12.3. The maximum absolute atomic E-state index is 12.3. The summed E-state index contributed by atoms with van der Waals surface area (Å²) in [5.41, 5.74) is -0.854. The minimum atomic E-state index is -1.19. The van der Waals surface area contributed by atoms with Gasteiger partial charge in [0.15, 0.2) is 0 Å². The number of carboxylic acid groups (broad SMARTS) is 1. The zero-order valence-electron chi connectivity index (χ0n) is 16.4. The smallest absolute Gasteiger partial charge is 0.314 e. The van der Waals surface area contributed by atoms with Crippen LogP contribution in [0.15, 0.2) is 65.2 Å². The summed E-state index contributed by atoms with van der Waals surface area (Å²) in [5, 5.41) is 10.1. The highest BCUT2D eigenvalue weighted by molar-refractivity contribution is 7.80. The van der Waals surface area contributed by atoms with Crippen molar-refractivity contribution in [3.05, 3.63) is 70.7 Å². The molecule has 0 radical (unpaired) electrons. The van der Waals surface area contributed by atoms with Crippen molar-refractivity contribution in [2.45, 2.75) is 26.7 Å². The van der Waals surface area contributed by atoms with Gasteiger partial charge in [-0.05, 0) is 59.0 Å². The van der Waals surface area contributed by atoms with Crippen molar-refractivity contribution in [3.63, 3.8) is 0 Å². The third kappa shape index (κ3) is 3.94. The Morgan fingerprint density at radius 1 is 1.14 bits per heavy atom. The summed E-state index contributed by atoms with van der Waals surface area (Å²) in [5.74, 6) is -0.114. The highest BCUT2D eigenvalue weighted by atomic mass is 35.5. The summed E-state index contributed by atoms with van der Waals surface area (Å²) in [6.07, 6.45) is 1.44. The van der Waals surface area contributed by atoms with Crippen LogP contribution in [0.5, 0.6) is 11.5 Å². The molecule has 2 aromatic rings. The summed E-state index contributed by atoms with van der Waals surface area (Å²) in [4.78, 5) is 13.0. The molecular formula is C23H22Cl2O3S. The average Bonchev–Trinajstić information content (AvgIpc) is 3.11. The normalized spacial score (nSPS) is 23.0. The molecule has 3 nitrogen and oxygen atoms in total. The number of hydrogen-bond acceptors (Lipinski definition) is 3. The average molecular weight is 449 g/mol. The topological polar surface area (TPSA) is 46.5 Å². The highest BCUT2D eigenvalue weighted by Crippen LogP contribution is 2.74. The third-order valence-corrected chi connectivity index (χ3v) is 6.38. The van der Waals surface area contributed by atoms with E-state index in [0.29, 0.717) is 10.6 Å². The molecule has 3 rings (SSSR count). The van der Waals surface area contributed by atoms with E-state index < -0.39 is 16.8 Å². The first-order chi connectivity index (χ1) is 13.6. The van der Waals surface area contributed by atoms with Crippen molar-refractivity contribution >= 4 is 46.3 Å². The molecule has 1 N–H and O–H groups in total. The van der Waals surface area contributed by atoms with Gasteiger partial charge in [0, 0.05) is 5.92 Å². The maximum Gasteiger partial charge on any atom is 0.314 e. The van der Waals surface area contributed by atoms with Crippen LogP contribution < -0.4 is 4.74 Å². The second-order valence-electron chi connectivity index (χ2n) is 7.88. The second-order valence-corrected chi connectivity index (χ2v) is 9.54. The van der Waals surface area contributed by atoms with Gasteiger partial charge in [-0.25, -0.2) is 0 Å².